The first-order valence-electron chi connectivity index (χ1n) is 5.37. The summed E-state index contributed by atoms with van der Waals surface area (Å²) in [6.45, 7) is 0.673. The van der Waals surface area contributed by atoms with Gasteiger partial charge in [-0.25, -0.2) is 4.39 Å². The van der Waals surface area contributed by atoms with Crippen molar-refractivity contribution in [3.05, 3.63) is 48.0 Å². The van der Waals surface area contributed by atoms with Crippen LogP contribution in [0.2, 0.25) is 0 Å². The fourth-order valence-corrected chi connectivity index (χ4v) is 1.65. The van der Waals surface area contributed by atoms with Crippen LogP contribution in [0, 0.1) is 5.82 Å². The molecule has 0 aliphatic rings. The molecule has 3 nitrogen and oxygen atoms in total. The normalized spacial score (nSPS) is 10.3. The fourth-order valence-electron chi connectivity index (χ4n) is 1.65. The molecule has 0 fully saturated rings. The van der Waals surface area contributed by atoms with Crippen molar-refractivity contribution in [3.8, 4) is 5.75 Å². The molecule has 1 heterocycles. The highest BCUT2D eigenvalue weighted by atomic mass is 19.1. The van der Waals surface area contributed by atoms with E-state index in [1.165, 1.54) is 13.2 Å². The van der Waals surface area contributed by atoms with Crippen LogP contribution in [0.25, 0.3) is 0 Å². The number of nitrogens with one attached hydrogen (secondary N) is 1. The summed E-state index contributed by atoms with van der Waals surface area (Å²) in [4.78, 5) is 0. The molecule has 1 aromatic carbocycles. The van der Waals surface area contributed by atoms with Crippen LogP contribution in [0.4, 0.5) is 10.1 Å². The van der Waals surface area contributed by atoms with E-state index in [-0.39, 0.29) is 11.6 Å². The predicted octanol–water partition coefficient (Wildman–Crippen LogP) is 2.78. The molecule has 2 rings (SSSR count). The summed E-state index contributed by atoms with van der Waals surface area (Å²) in [6.07, 6.45) is 4.00. The first-order chi connectivity index (χ1) is 8.19. The maximum absolute atomic E-state index is 13.4. The third kappa shape index (κ3) is 2.78. The molecule has 0 amide bonds. The Morgan fingerprint density at radius 2 is 2.18 bits per heavy atom. The molecule has 0 spiro atoms. The van der Waals surface area contributed by atoms with Crippen molar-refractivity contribution in [3.63, 3.8) is 0 Å². The summed E-state index contributed by atoms with van der Waals surface area (Å²) in [6, 6.07) is 6.86. The number of aromatic nitrogens is 1. The van der Waals surface area contributed by atoms with E-state index in [4.69, 9.17) is 4.74 Å². The largest absolute Gasteiger partial charge is 0.494 e. The fraction of sp³-hybridized carbons (Fsp3) is 0.231. The minimum atomic E-state index is -0.356. The van der Waals surface area contributed by atoms with Gasteiger partial charge in [0, 0.05) is 37.7 Å². The predicted molar refractivity (Wildman–Crippen MR) is 65.7 cm³/mol. The number of nitrogens with zero attached hydrogens (tertiary/aromatic N) is 1. The second-order valence-corrected chi connectivity index (χ2v) is 3.89. The Balaban J connectivity index is 2.02. The third-order valence-corrected chi connectivity index (χ3v) is 2.54. The lowest BCUT2D eigenvalue weighted by Gasteiger charge is -2.07. The smallest absolute Gasteiger partial charge is 0.167 e. The van der Waals surface area contributed by atoms with E-state index in [2.05, 4.69) is 5.32 Å². The lowest BCUT2D eigenvalue weighted by Crippen LogP contribution is -1.99. The Labute approximate surface area is 99.8 Å². The van der Waals surface area contributed by atoms with Gasteiger partial charge in [-0.15, -0.1) is 0 Å². The van der Waals surface area contributed by atoms with Crippen molar-refractivity contribution in [1.82, 2.24) is 4.57 Å². The standard InChI is InChI=1S/C13H15FN2O/c1-16-6-5-10(9-16)8-15-11-3-4-13(17-2)12(14)7-11/h3-7,9,15H,8H2,1-2H3. The van der Waals surface area contributed by atoms with Crippen molar-refractivity contribution < 1.29 is 9.13 Å². The molecule has 0 bridgehead atoms. The molecule has 1 aromatic heterocycles. The Morgan fingerprint density at radius 1 is 1.35 bits per heavy atom. The number of ether oxygens (including phenoxy) is 1. The Kier molecular flexibility index (Phi) is 3.32. The van der Waals surface area contributed by atoms with Gasteiger partial charge in [-0.05, 0) is 23.8 Å². The minimum absolute atomic E-state index is 0.260. The van der Waals surface area contributed by atoms with Crippen LogP contribution in [0.5, 0.6) is 5.75 Å². The van der Waals surface area contributed by atoms with E-state index in [0.717, 1.165) is 11.3 Å². The molecule has 0 aliphatic carbocycles. The average molecular weight is 234 g/mol. The summed E-state index contributed by atoms with van der Waals surface area (Å²) in [5.41, 5.74) is 1.90. The van der Waals surface area contributed by atoms with Crippen LogP contribution in [-0.2, 0) is 13.6 Å². The molecule has 0 unspecified atom stereocenters. The lowest BCUT2D eigenvalue weighted by molar-refractivity contribution is 0.386. The number of halogens is 1. The number of hydrogen-bond acceptors (Lipinski definition) is 2. The van der Waals surface area contributed by atoms with Gasteiger partial charge >= 0.3 is 0 Å². The zero-order valence-corrected chi connectivity index (χ0v) is 9.90. The van der Waals surface area contributed by atoms with Crippen molar-refractivity contribution in [2.75, 3.05) is 12.4 Å². The van der Waals surface area contributed by atoms with Crippen LogP contribution >= 0.6 is 0 Å². The number of benzene rings is 1. The highest BCUT2D eigenvalue weighted by Crippen LogP contribution is 2.20. The van der Waals surface area contributed by atoms with E-state index >= 15 is 0 Å². The van der Waals surface area contributed by atoms with Gasteiger partial charge in [0.05, 0.1) is 7.11 Å². The average Bonchev–Trinajstić information content (AvgIpc) is 2.73. The Morgan fingerprint density at radius 3 is 2.76 bits per heavy atom. The summed E-state index contributed by atoms with van der Waals surface area (Å²) >= 11 is 0. The molecular weight excluding hydrogens is 219 g/mol. The SMILES string of the molecule is COc1ccc(NCc2ccn(C)c2)cc1F. The molecule has 90 valence electrons. The maximum Gasteiger partial charge on any atom is 0.167 e. The zero-order valence-electron chi connectivity index (χ0n) is 9.90. The van der Waals surface area contributed by atoms with Crippen LogP contribution in [0.3, 0.4) is 0 Å². The number of rotatable bonds is 4. The van der Waals surface area contributed by atoms with Crippen molar-refractivity contribution in [1.29, 1.82) is 0 Å². The second-order valence-electron chi connectivity index (χ2n) is 3.89. The molecule has 17 heavy (non-hydrogen) atoms. The molecule has 0 atom stereocenters. The van der Waals surface area contributed by atoms with Crippen LogP contribution < -0.4 is 10.1 Å². The van der Waals surface area contributed by atoms with E-state index in [1.54, 1.807) is 12.1 Å². The number of hydrogen-bond donors (Lipinski definition) is 1. The Hall–Kier alpha value is -1.97. The van der Waals surface area contributed by atoms with Gasteiger partial charge in [0.1, 0.15) is 0 Å². The van der Waals surface area contributed by atoms with Crippen LogP contribution in [0.15, 0.2) is 36.7 Å². The molecule has 0 saturated carbocycles. The summed E-state index contributed by atoms with van der Waals surface area (Å²) < 4.78 is 20.2. The van der Waals surface area contributed by atoms with Gasteiger partial charge in [-0.3, -0.25) is 0 Å². The van der Waals surface area contributed by atoms with E-state index in [0.29, 0.717) is 6.54 Å². The van der Waals surface area contributed by atoms with Gasteiger partial charge in [-0.1, -0.05) is 0 Å². The lowest BCUT2D eigenvalue weighted by atomic mass is 10.2. The van der Waals surface area contributed by atoms with Crippen molar-refractivity contribution >= 4 is 5.69 Å². The second kappa shape index (κ2) is 4.91. The molecule has 0 radical (unpaired) electrons. The topological polar surface area (TPSA) is 26.2 Å². The molecule has 2 aromatic rings. The maximum atomic E-state index is 13.4. The zero-order chi connectivity index (χ0) is 12.3. The summed E-state index contributed by atoms with van der Waals surface area (Å²) in [5.74, 6) is -0.0965. The van der Waals surface area contributed by atoms with Crippen molar-refractivity contribution in [2.45, 2.75) is 6.54 Å². The van der Waals surface area contributed by atoms with Gasteiger partial charge in [0.2, 0.25) is 0 Å². The molecule has 0 aliphatic heterocycles. The first-order valence-corrected chi connectivity index (χ1v) is 5.37. The molecule has 0 saturated heterocycles. The van der Waals surface area contributed by atoms with Crippen LogP contribution in [-0.4, -0.2) is 11.7 Å². The van der Waals surface area contributed by atoms with Crippen LogP contribution in [0.1, 0.15) is 5.56 Å². The monoisotopic (exact) mass is 234 g/mol. The van der Waals surface area contributed by atoms with Gasteiger partial charge in [0.15, 0.2) is 11.6 Å². The summed E-state index contributed by atoms with van der Waals surface area (Å²) in [5, 5.41) is 3.16. The number of methoxy groups -OCH3 is 1. The van der Waals surface area contributed by atoms with Crippen molar-refractivity contribution in [2.24, 2.45) is 7.05 Å². The van der Waals surface area contributed by atoms with Gasteiger partial charge in [0.25, 0.3) is 0 Å². The Bertz CT molecular complexity index is 508. The van der Waals surface area contributed by atoms with E-state index in [1.807, 2.05) is 30.1 Å². The molecular formula is C13H15FN2O. The molecule has 1 N–H and O–H groups in total. The van der Waals surface area contributed by atoms with Gasteiger partial charge < -0.3 is 14.6 Å². The number of anilines is 1. The van der Waals surface area contributed by atoms with E-state index in [9.17, 15) is 4.39 Å². The molecule has 4 heteroatoms. The van der Waals surface area contributed by atoms with Gasteiger partial charge in [-0.2, -0.15) is 0 Å². The van der Waals surface area contributed by atoms with E-state index < -0.39 is 0 Å². The first kappa shape index (κ1) is 11.5. The highest BCUT2D eigenvalue weighted by Gasteiger charge is 2.03. The number of aryl methyl sites for hydroxylation is 1. The highest BCUT2D eigenvalue weighted by molar-refractivity contribution is 5.47. The minimum Gasteiger partial charge on any atom is -0.494 e. The summed E-state index contributed by atoms with van der Waals surface area (Å²) in [7, 11) is 3.42. The third-order valence-electron chi connectivity index (χ3n) is 2.54. The quantitative estimate of drug-likeness (QED) is 0.880.